The van der Waals surface area contributed by atoms with Gasteiger partial charge in [0.15, 0.2) is 0 Å². The molecule has 0 aliphatic carbocycles. The number of aryl methyl sites for hydroxylation is 3. The summed E-state index contributed by atoms with van der Waals surface area (Å²) in [5.74, 6) is 5.19. The maximum atomic E-state index is 13.4. The van der Waals surface area contributed by atoms with Gasteiger partial charge in [-0.25, -0.2) is 8.42 Å². The van der Waals surface area contributed by atoms with Crippen molar-refractivity contribution in [2.75, 3.05) is 13.7 Å². The third-order valence-corrected chi connectivity index (χ3v) is 6.61. The minimum absolute atomic E-state index is 0.125. The van der Waals surface area contributed by atoms with Crippen LogP contribution in [0.2, 0.25) is 0 Å². The Bertz CT molecular complexity index is 994. The number of hydrogen-bond donors (Lipinski definition) is 0. The topological polar surface area (TPSA) is 63.7 Å². The van der Waals surface area contributed by atoms with Crippen LogP contribution in [0.5, 0.6) is 0 Å². The first-order valence-electron chi connectivity index (χ1n) is 8.90. The molecule has 0 aliphatic heterocycles. The van der Waals surface area contributed by atoms with E-state index >= 15 is 0 Å². The molecule has 0 amide bonds. The molecule has 0 aromatic heterocycles. The zero-order valence-electron chi connectivity index (χ0n) is 16.8. The van der Waals surface area contributed by atoms with Crippen LogP contribution in [0.25, 0.3) is 0 Å². The number of rotatable bonds is 5. The number of hydrogen-bond acceptors (Lipinski definition) is 4. The zero-order chi connectivity index (χ0) is 20.9. The standard InChI is InChI=1S/C22H25NO4S/c1-16-14-17(2)21(18(3)15-16)28(25,26)23(19(4)22(24)27-5)13-9-12-20-10-7-6-8-11-20/h6-8,10-11,14-15,19H,13H2,1-5H3/t19-/m0/s1. The van der Waals surface area contributed by atoms with Crippen molar-refractivity contribution in [3.05, 3.63) is 64.7 Å². The number of esters is 1. The van der Waals surface area contributed by atoms with Gasteiger partial charge in [-0.3, -0.25) is 4.79 Å². The van der Waals surface area contributed by atoms with Gasteiger partial charge in [-0.15, -0.1) is 0 Å². The van der Waals surface area contributed by atoms with E-state index in [9.17, 15) is 13.2 Å². The maximum Gasteiger partial charge on any atom is 0.323 e. The van der Waals surface area contributed by atoms with Gasteiger partial charge < -0.3 is 4.74 Å². The maximum absolute atomic E-state index is 13.4. The monoisotopic (exact) mass is 399 g/mol. The number of ether oxygens (including phenoxy) is 1. The molecule has 6 heteroatoms. The SMILES string of the molecule is COC(=O)[C@H](C)N(CC#Cc1ccccc1)S(=O)(=O)c1c(C)cc(C)cc1C. The average Bonchev–Trinajstić information content (AvgIpc) is 2.63. The van der Waals surface area contributed by atoms with Gasteiger partial charge in [-0.1, -0.05) is 47.7 Å². The zero-order valence-corrected chi connectivity index (χ0v) is 17.6. The van der Waals surface area contributed by atoms with E-state index in [0.29, 0.717) is 11.1 Å². The molecule has 0 N–H and O–H groups in total. The molecule has 0 saturated carbocycles. The van der Waals surface area contributed by atoms with E-state index in [1.165, 1.54) is 14.0 Å². The van der Waals surface area contributed by atoms with Crippen LogP contribution in [-0.2, 0) is 19.6 Å². The number of benzene rings is 2. The van der Waals surface area contributed by atoms with Gasteiger partial charge >= 0.3 is 5.97 Å². The first kappa shape index (κ1) is 21.7. The minimum atomic E-state index is -3.96. The molecule has 0 fully saturated rings. The molecule has 0 radical (unpaired) electrons. The second-order valence-electron chi connectivity index (χ2n) is 6.65. The van der Waals surface area contributed by atoms with Crippen molar-refractivity contribution in [1.82, 2.24) is 4.31 Å². The highest BCUT2D eigenvalue weighted by Crippen LogP contribution is 2.26. The van der Waals surface area contributed by atoms with Crippen molar-refractivity contribution in [3.63, 3.8) is 0 Å². The molecule has 1 atom stereocenters. The highest BCUT2D eigenvalue weighted by molar-refractivity contribution is 7.89. The Morgan fingerprint density at radius 3 is 2.21 bits per heavy atom. The van der Waals surface area contributed by atoms with Crippen molar-refractivity contribution in [3.8, 4) is 11.8 Å². The van der Waals surface area contributed by atoms with Crippen molar-refractivity contribution >= 4 is 16.0 Å². The first-order chi connectivity index (χ1) is 13.2. The lowest BCUT2D eigenvalue weighted by Gasteiger charge is -2.26. The Kier molecular flexibility index (Phi) is 7.00. The molecule has 0 bridgehead atoms. The van der Waals surface area contributed by atoms with Crippen LogP contribution in [0.15, 0.2) is 47.4 Å². The molecule has 2 aromatic carbocycles. The minimum Gasteiger partial charge on any atom is -0.468 e. The van der Waals surface area contributed by atoms with Crippen LogP contribution in [-0.4, -0.2) is 38.4 Å². The predicted molar refractivity (Wildman–Crippen MR) is 109 cm³/mol. The Morgan fingerprint density at radius 2 is 1.68 bits per heavy atom. The van der Waals surface area contributed by atoms with Crippen molar-refractivity contribution in [2.45, 2.75) is 38.6 Å². The average molecular weight is 400 g/mol. The van der Waals surface area contributed by atoms with Crippen LogP contribution in [0.4, 0.5) is 0 Å². The molecular weight excluding hydrogens is 374 g/mol. The summed E-state index contributed by atoms with van der Waals surface area (Å²) in [5, 5.41) is 0. The third kappa shape index (κ3) is 4.80. The number of carbonyl (C=O) groups excluding carboxylic acids is 1. The second-order valence-corrected chi connectivity index (χ2v) is 8.47. The summed E-state index contributed by atoms with van der Waals surface area (Å²) in [4.78, 5) is 12.3. The molecular formula is C22H25NO4S. The van der Waals surface area contributed by atoms with E-state index in [1.807, 2.05) is 49.4 Å². The Labute approximate surface area is 167 Å². The van der Waals surface area contributed by atoms with E-state index in [4.69, 9.17) is 4.74 Å². The predicted octanol–water partition coefficient (Wildman–Crippen LogP) is 3.22. The lowest BCUT2D eigenvalue weighted by molar-refractivity contribution is -0.144. The largest absolute Gasteiger partial charge is 0.468 e. The third-order valence-electron chi connectivity index (χ3n) is 4.39. The van der Waals surface area contributed by atoms with E-state index < -0.39 is 22.0 Å². The fraction of sp³-hybridized carbons (Fsp3) is 0.318. The van der Waals surface area contributed by atoms with Gasteiger partial charge in [0.25, 0.3) is 0 Å². The summed E-state index contributed by atoms with van der Waals surface area (Å²) in [6.45, 7) is 6.80. The lowest BCUT2D eigenvalue weighted by atomic mass is 10.1. The smallest absolute Gasteiger partial charge is 0.323 e. The lowest BCUT2D eigenvalue weighted by Crippen LogP contribution is -2.44. The molecule has 5 nitrogen and oxygen atoms in total. The van der Waals surface area contributed by atoms with Gasteiger partial charge in [-0.05, 0) is 51.0 Å². The van der Waals surface area contributed by atoms with Gasteiger partial charge in [0, 0.05) is 5.56 Å². The quantitative estimate of drug-likeness (QED) is 0.572. The summed E-state index contributed by atoms with van der Waals surface area (Å²) in [7, 11) is -2.72. The van der Waals surface area contributed by atoms with Gasteiger partial charge in [-0.2, -0.15) is 4.31 Å². The molecule has 0 unspecified atom stereocenters. The number of methoxy groups -OCH3 is 1. The van der Waals surface area contributed by atoms with Crippen LogP contribution in [0.3, 0.4) is 0 Å². The molecule has 0 saturated heterocycles. The van der Waals surface area contributed by atoms with Crippen LogP contribution in [0.1, 0.15) is 29.2 Å². The summed E-state index contributed by atoms with van der Waals surface area (Å²) < 4.78 is 32.8. The number of sulfonamides is 1. The van der Waals surface area contributed by atoms with Crippen LogP contribution >= 0.6 is 0 Å². The number of nitrogens with zero attached hydrogens (tertiary/aromatic N) is 1. The van der Waals surface area contributed by atoms with Crippen molar-refractivity contribution < 1.29 is 17.9 Å². The summed E-state index contributed by atoms with van der Waals surface area (Å²) in [5.41, 5.74) is 3.02. The second kappa shape index (κ2) is 9.05. The summed E-state index contributed by atoms with van der Waals surface area (Å²) in [6, 6.07) is 11.9. The Hall–Kier alpha value is -2.62. The first-order valence-corrected chi connectivity index (χ1v) is 10.3. The molecule has 28 heavy (non-hydrogen) atoms. The van der Waals surface area contributed by atoms with Crippen molar-refractivity contribution in [2.24, 2.45) is 0 Å². The van der Waals surface area contributed by atoms with Gasteiger partial charge in [0.1, 0.15) is 6.04 Å². The molecule has 2 aromatic rings. The van der Waals surface area contributed by atoms with Gasteiger partial charge in [0.2, 0.25) is 10.0 Å². The molecule has 0 heterocycles. The fourth-order valence-corrected chi connectivity index (χ4v) is 5.05. The van der Waals surface area contributed by atoms with E-state index in [1.54, 1.807) is 13.8 Å². The van der Waals surface area contributed by atoms with Crippen molar-refractivity contribution in [1.29, 1.82) is 0 Å². The number of carbonyl (C=O) groups is 1. The normalized spacial score (nSPS) is 12.2. The molecule has 2 rings (SSSR count). The summed E-state index contributed by atoms with van der Waals surface area (Å²) >= 11 is 0. The highest BCUT2D eigenvalue weighted by Gasteiger charge is 2.35. The Balaban J connectivity index is 2.49. The van der Waals surface area contributed by atoms with Crippen LogP contribution < -0.4 is 0 Å². The summed E-state index contributed by atoms with van der Waals surface area (Å²) in [6.07, 6.45) is 0. The van der Waals surface area contributed by atoms with E-state index in [2.05, 4.69) is 11.8 Å². The Morgan fingerprint density at radius 1 is 1.11 bits per heavy atom. The molecule has 148 valence electrons. The van der Waals surface area contributed by atoms with Crippen LogP contribution in [0, 0.1) is 32.6 Å². The highest BCUT2D eigenvalue weighted by atomic mass is 32.2. The van der Waals surface area contributed by atoms with Gasteiger partial charge in [0.05, 0.1) is 18.6 Å². The molecule has 0 aliphatic rings. The molecule has 0 spiro atoms. The fourth-order valence-electron chi connectivity index (χ4n) is 3.15. The van der Waals surface area contributed by atoms with E-state index in [0.717, 1.165) is 15.4 Å². The van der Waals surface area contributed by atoms with E-state index in [-0.39, 0.29) is 11.4 Å².